The molecule has 0 spiro atoms. The number of carbonyl (C=O) groups excluding carboxylic acids is 1. The van der Waals surface area contributed by atoms with E-state index in [1.165, 1.54) is 0 Å². The average molecular weight is 404 g/mol. The second kappa shape index (κ2) is 9.89. The fourth-order valence-corrected chi connectivity index (χ4v) is 3.26. The van der Waals surface area contributed by atoms with Gasteiger partial charge < -0.3 is 15.2 Å². The third-order valence-electron chi connectivity index (χ3n) is 4.60. The van der Waals surface area contributed by atoms with Crippen molar-refractivity contribution in [2.24, 2.45) is 0 Å². The molecule has 146 valence electrons. The zero-order valence-corrected chi connectivity index (χ0v) is 16.7. The van der Waals surface area contributed by atoms with Crippen molar-refractivity contribution in [1.82, 2.24) is 35.2 Å². The minimum atomic E-state index is -0.594. The van der Waals surface area contributed by atoms with Crippen molar-refractivity contribution in [3.05, 3.63) is 30.6 Å². The second-order valence-electron chi connectivity index (χ2n) is 6.53. The number of halogens is 2. The molecule has 1 saturated heterocycles. The highest BCUT2D eigenvalue weighted by molar-refractivity contribution is 5.85. The normalized spacial score (nSPS) is 15.8. The van der Waals surface area contributed by atoms with E-state index in [0.29, 0.717) is 19.0 Å². The summed E-state index contributed by atoms with van der Waals surface area (Å²) >= 11 is 0. The van der Waals surface area contributed by atoms with Gasteiger partial charge in [-0.05, 0) is 32.0 Å². The van der Waals surface area contributed by atoms with Crippen molar-refractivity contribution < 1.29 is 4.79 Å². The first kappa shape index (κ1) is 22.4. The molecule has 0 unspecified atom stereocenters. The number of carbonyl (C=O) groups is 1. The molecule has 0 radical (unpaired) electrons. The Labute approximate surface area is 165 Å². The van der Waals surface area contributed by atoms with Crippen LogP contribution in [0.1, 0.15) is 38.4 Å². The molecule has 0 aliphatic carbocycles. The maximum absolute atomic E-state index is 12.9. The molecule has 1 fully saturated rings. The van der Waals surface area contributed by atoms with Gasteiger partial charge in [0, 0.05) is 31.4 Å². The predicted octanol–water partition coefficient (Wildman–Crippen LogP) is 1.34. The van der Waals surface area contributed by atoms with E-state index < -0.39 is 5.54 Å². The molecular weight excluding hydrogens is 377 g/mol. The summed E-state index contributed by atoms with van der Waals surface area (Å²) in [6.07, 6.45) is 6.80. The van der Waals surface area contributed by atoms with Gasteiger partial charge in [0.1, 0.15) is 17.7 Å². The number of piperidine rings is 1. The first-order chi connectivity index (χ1) is 11.6. The number of hydrogen-bond acceptors (Lipinski definition) is 5. The lowest BCUT2D eigenvalue weighted by molar-refractivity contribution is -0.132. The molecule has 3 heterocycles. The number of amides is 1. The lowest BCUT2D eigenvalue weighted by Gasteiger charge is -2.36. The lowest BCUT2D eigenvalue weighted by atomic mass is 9.87. The maximum atomic E-state index is 12.9. The van der Waals surface area contributed by atoms with E-state index >= 15 is 0 Å². The molecule has 26 heavy (non-hydrogen) atoms. The van der Waals surface area contributed by atoms with Crippen LogP contribution < -0.4 is 10.6 Å². The van der Waals surface area contributed by atoms with E-state index in [9.17, 15) is 4.79 Å². The Morgan fingerprint density at radius 1 is 1.35 bits per heavy atom. The fraction of sp³-hybridized carbons (Fsp3) is 0.625. The molecule has 1 amide bonds. The highest BCUT2D eigenvalue weighted by Crippen LogP contribution is 2.27. The van der Waals surface area contributed by atoms with Gasteiger partial charge in [-0.15, -0.1) is 35.0 Å². The number of nitrogens with zero attached hydrogens (tertiary/aromatic N) is 5. The van der Waals surface area contributed by atoms with Crippen LogP contribution in [0.25, 0.3) is 0 Å². The number of nitrogens with one attached hydrogen (secondary N) is 2. The van der Waals surface area contributed by atoms with Crippen molar-refractivity contribution in [2.75, 3.05) is 19.6 Å². The summed E-state index contributed by atoms with van der Waals surface area (Å²) in [4.78, 5) is 12.9. The summed E-state index contributed by atoms with van der Waals surface area (Å²) in [5, 5.41) is 18.8. The monoisotopic (exact) mass is 403 g/mol. The Balaban J connectivity index is 0.00000169. The van der Waals surface area contributed by atoms with Crippen molar-refractivity contribution in [3.8, 4) is 0 Å². The van der Waals surface area contributed by atoms with E-state index in [1.54, 1.807) is 12.5 Å². The van der Waals surface area contributed by atoms with Crippen LogP contribution in [-0.4, -0.2) is 50.1 Å². The zero-order chi connectivity index (χ0) is 17.0. The van der Waals surface area contributed by atoms with Crippen LogP contribution in [-0.2, 0) is 16.9 Å². The van der Waals surface area contributed by atoms with E-state index in [0.717, 1.165) is 31.8 Å². The molecule has 2 aromatic heterocycles. The van der Waals surface area contributed by atoms with Crippen LogP contribution in [0.4, 0.5) is 0 Å². The molecule has 3 rings (SSSR count). The topological polar surface area (TPSA) is 89.7 Å². The molecule has 1 aliphatic heterocycles. The summed E-state index contributed by atoms with van der Waals surface area (Å²) in [7, 11) is 0. The van der Waals surface area contributed by atoms with Crippen LogP contribution in [0.2, 0.25) is 0 Å². The van der Waals surface area contributed by atoms with Crippen LogP contribution in [0, 0.1) is 0 Å². The van der Waals surface area contributed by atoms with Crippen LogP contribution >= 0.6 is 24.8 Å². The Morgan fingerprint density at radius 2 is 2.08 bits per heavy atom. The fourth-order valence-electron chi connectivity index (χ4n) is 3.26. The summed E-state index contributed by atoms with van der Waals surface area (Å²) in [6, 6.07) is 1.86. The van der Waals surface area contributed by atoms with Gasteiger partial charge in [0.25, 0.3) is 0 Å². The minimum Gasteiger partial charge on any atom is -0.352 e. The lowest BCUT2D eigenvalue weighted by Crippen LogP contribution is -2.55. The quantitative estimate of drug-likeness (QED) is 0.759. The van der Waals surface area contributed by atoms with Crippen molar-refractivity contribution in [1.29, 1.82) is 0 Å². The highest BCUT2D eigenvalue weighted by atomic mass is 35.5. The zero-order valence-electron chi connectivity index (χ0n) is 15.1. The van der Waals surface area contributed by atoms with Gasteiger partial charge in [0.2, 0.25) is 5.91 Å². The summed E-state index contributed by atoms with van der Waals surface area (Å²) in [5.74, 6) is 1.28. The van der Waals surface area contributed by atoms with Gasteiger partial charge in [-0.3, -0.25) is 9.48 Å². The SMILES string of the molecule is CC(C)c1nncn1CCNC(=O)C1(n2cccn2)CCNCC1.Cl.Cl. The summed E-state index contributed by atoms with van der Waals surface area (Å²) < 4.78 is 3.80. The maximum Gasteiger partial charge on any atom is 0.248 e. The smallest absolute Gasteiger partial charge is 0.248 e. The first-order valence-corrected chi connectivity index (χ1v) is 8.50. The average Bonchev–Trinajstić information content (AvgIpc) is 3.27. The second-order valence-corrected chi connectivity index (χ2v) is 6.53. The Morgan fingerprint density at radius 3 is 2.69 bits per heavy atom. The van der Waals surface area contributed by atoms with Crippen LogP contribution in [0.5, 0.6) is 0 Å². The molecule has 0 atom stereocenters. The van der Waals surface area contributed by atoms with E-state index in [2.05, 4.69) is 39.8 Å². The highest BCUT2D eigenvalue weighted by Gasteiger charge is 2.41. The molecule has 10 heteroatoms. The van der Waals surface area contributed by atoms with Gasteiger partial charge in [0.15, 0.2) is 0 Å². The number of rotatable bonds is 6. The van der Waals surface area contributed by atoms with Gasteiger partial charge >= 0.3 is 0 Å². The molecular formula is C16H27Cl2N7O. The Hall–Kier alpha value is -1.64. The number of aromatic nitrogens is 5. The molecule has 0 aromatic carbocycles. The predicted molar refractivity (Wildman–Crippen MR) is 104 cm³/mol. The van der Waals surface area contributed by atoms with Crippen LogP contribution in [0.15, 0.2) is 24.8 Å². The molecule has 1 aliphatic rings. The molecule has 8 nitrogen and oxygen atoms in total. The Kier molecular flexibility index (Phi) is 8.52. The number of hydrogen-bond donors (Lipinski definition) is 2. The van der Waals surface area contributed by atoms with E-state index in [1.807, 2.05) is 21.5 Å². The summed E-state index contributed by atoms with van der Waals surface area (Å²) in [5.41, 5.74) is -0.594. The van der Waals surface area contributed by atoms with Crippen molar-refractivity contribution >= 4 is 30.7 Å². The Bertz CT molecular complexity index is 666. The van der Waals surface area contributed by atoms with E-state index in [-0.39, 0.29) is 30.7 Å². The minimum absolute atomic E-state index is 0. The van der Waals surface area contributed by atoms with Gasteiger partial charge in [-0.1, -0.05) is 13.8 Å². The van der Waals surface area contributed by atoms with Crippen molar-refractivity contribution in [2.45, 2.75) is 44.7 Å². The van der Waals surface area contributed by atoms with Gasteiger partial charge in [0.05, 0.1) is 0 Å². The molecule has 0 bridgehead atoms. The third-order valence-corrected chi connectivity index (χ3v) is 4.60. The van der Waals surface area contributed by atoms with Crippen molar-refractivity contribution in [3.63, 3.8) is 0 Å². The van der Waals surface area contributed by atoms with Gasteiger partial charge in [-0.25, -0.2) is 0 Å². The largest absolute Gasteiger partial charge is 0.352 e. The molecule has 0 saturated carbocycles. The standard InChI is InChI=1S/C16H25N7O.2ClH/c1-13(2)14-21-19-12-22(14)11-9-18-15(24)16(4-7-17-8-5-16)23-10-3-6-20-23;;/h3,6,10,12-13,17H,4-5,7-9,11H2,1-2H3,(H,18,24);2*1H. The first-order valence-electron chi connectivity index (χ1n) is 8.50. The van der Waals surface area contributed by atoms with Crippen LogP contribution in [0.3, 0.4) is 0 Å². The molecule has 2 N–H and O–H groups in total. The summed E-state index contributed by atoms with van der Waals surface area (Å²) in [6.45, 7) is 7.01. The molecule has 2 aromatic rings. The third kappa shape index (κ3) is 4.55. The van der Waals surface area contributed by atoms with Gasteiger partial charge in [-0.2, -0.15) is 5.10 Å². The van der Waals surface area contributed by atoms with E-state index in [4.69, 9.17) is 0 Å².